The Morgan fingerprint density at radius 3 is 2.55 bits per heavy atom. The molecule has 0 fully saturated rings. The second kappa shape index (κ2) is 6.63. The Morgan fingerprint density at radius 1 is 1.25 bits per heavy atom. The van der Waals surface area contributed by atoms with Crippen molar-refractivity contribution in [1.29, 1.82) is 0 Å². The number of carbonyl (C=O) groups is 1. The quantitative estimate of drug-likeness (QED) is 0.900. The number of benzene rings is 2. The van der Waals surface area contributed by atoms with Gasteiger partial charge < -0.3 is 10.4 Å². The molecule has 0 aliphatic rings. The molecule has 3 nitrogen and oxygen atoms in total. The molecule has 0 saturated carbocycles. The summed E-state index contributed by atoms with van der Waals surface area (Å²) in [5.41, 5.74) is 0.991. The van der Waals surface area contributed by atoms with Crippen LogP contribution in [0.2, 0.25) is 0 Å². The van der Waals surface area contributed by atoms with E-state index in [1.807, 2.05) is 30.3 Å². The summed E-state index contributed by atoms with van der Waals surface area (Å²) in [6.07, 6.45) is 0. The van der Waals surface area contributed by atoms with Crippen LogP contribution in [-0.4, -0.2) is 17.6 Å². The Bertz CT molecular complexity index is 584. The first kappa shape index (κ1) is 14.7. The normalized spacial score (nSPS) is 11.9. The van der Waals surface area contributed by atoms with E-state index in [-0.39, 0.29) is 12.2 Å². The minimum absolute atomic E-state index is 0.200. The van der Waals surface area contributed by atoms with Crippen molar-refractivity contribution in [1.82, 2.24) is 5.32 Å². The van der Waals surface area contributed by atoms with Gasteiger partial charge in [0.05, 0.1) is 12.6 Å². The second-order valence-corrected chi connectivity index (χ2v) is 5.19. The first-order valence-electron chi connectivity index (χ1n) is 6.03. The minimum atomic E-state index is -0.522. The number of hydrogen-bond acceptors (Lipinski definition) is 2. The summed E-state index contributed by atoms with van der Waals surface area (Å²) in [7, 11) is 0. The van der Waals surface area contributed by atoms with Crippen LogP contribution in [0.25, 0.3) is 0 Å². The molecule has 1 amide bonds. The maximum Gasteiger partial charge on any atom is 0.251 e. The van der Waals surface area contributed by atoms with Crippen molar-refractivity contribution >= 4 is 21.8 Å². The molecule has 0 spiro atoms. The molecule has 2 rings (SSSR count). The first-order valence-corrected chi connectivity index (χ1v) is 6.82. The Morgan fingerprint density at radius 2 is 1.95 bits per heavy atom. The molecule has 104 valence electrons. The topological polar surface area (TPSA) is 49.3 Å². The van der Waals surface area contributed by atoms with Crippen molar-refractivity contribution < 1.29 is 14.3 Å². The third kappa shape index (κ3) is 3.65. The zero-order valence-electron chi connectivity index (χ0n) is 10.5. The number of aliphatic hydroxyl groups excluding tert-OH is 1. The third-order valence-corrected chi connectivity index (χ3v) is 3.27. The van der Waals surface area contributed by atoms with E-state index in [0.29, 0.717) is 4.47 Å². The molecule has 0 radical (unpaired) electrons. The van der Waals surface area contributed by atoms with E-state index in [1.165, 1.54) is 12.1 Å². The van der Waals surface area contributed by atoms with Crippen molar-refractivity contribution in [3.8, 4) is 0 Å². The molecule has 0 heterocycles. The first-order chi connectivity index (χ1) is 9.60. The number of halogens is 2. The summed E-state index contributed by atoms with van der Waals surface area (Å²) in [6, 6.07) is 12.5. The number of aliphatic hydroxyl groups is 1. The van der Waals surface area contributed by atoms with Gasteiger partial charge in [-0.25, -0.2) is 4.39 Å². The van der Waals surface area contributed by atoms with Crippen molar-refractivity contribution in [2.45, 2.75) is 6.04 Å². The van der Waals surface area contributed by atoms with Gasteiger partial charge in [-0.05, 0) is 23.8 Å². The summed E-state index contributed by atoms with van der Waals surface area (Å²) in [4.78, 5) is 12.1. The Labute approximate surface area is 124 Å². The monoisotopic (exact) mass is 337 g/mol. The fourth-order valence-electron chi connectivity index (χ4n) is 1.85. The van der Waals surface area contributed by atoms with E-state index < -0.39 is 17.8 Å². The highest BCUT2D eigenvalue weighted by molar-refractivity contribution is 9.10. The average molecular weight is 338 g/mol. The van der Waals surface area contributed by atoms with Crippen molar-refractivity contribution in [3.63, 3.8) is 0 Å². The Balaban J connectivity index is 2.17. The highest BCUT2D eigenvalue weighted by Gasteiger charge is 2.15. The van der Waals surface area contributed by atoms with Crippen LogP contribution in [0.4, 0.5) is 4.39 Å². The minimum Gasteiger partial charge on any atom is -0.394 e. The summed E-state index contributed by atoms with van der Waals surface area (Å²) < 4.78 is 13.8. The fourth-order valence-corrected chi connectivity index (χ4v) is 2.31. The van der Waals surface area contributed by atoms with E-state index in [2.05, 4.69) is 21.2 Å². The summed E-state index contributed by atoms with van der Waals surface area (Å²) >= 11 is 3.14. The number of carbonyl (C=O) groups excluding carboxylic acids is 1. The van der Waals surface area contributed by atoms with E-state index in [0.717, 1.165) is 11.6 Å². The SMILES string of the molecule is O=C(NC(CO)c1ccccc1)c1cc(F)cc(Br)c1. The van der Waals surface area contributed by atoms with Crippen LogP contribution in [-0.2, 0) is 0 Å². The zero-order chi connectivity index (χ0) is 14.5. The standard InChI is InChI=1S/C15H13BrFNO2/c16-12-6-11(7-13(17)8-12)15(20)18-14(9-19)10-4-2-1-3-5-10/h1-8,14,19H,9H2,(H,18,20). The van der Waals surface area contributed by atoms with Crippen LogP contribution >= 0.6 is 15.9 Å². The van der Waals surface area contributed by atoms with Crippen LogP contribution in [0.3, 0.4) is 0 Å². The molecule has 0 aliphatic heterocycles. The predicted molar refractivity (Wildman–Crippen MR) is 77.8 cm³/mol. The Hall–Kier alpha value is -1.72. The number of hydrogen-bond donors (Lipinski definition) is 2. The van der Waals surface area contributed by atoms with Crippen LogP contribution in [0, 0.1) is 5.82 Å². The van der Waals surface area contributed by atoms with E-state index in [9.17, 15) is 14.3 Å². The third-order valence-electron chi connectivity index (χ3n) is 2.81. The molecule has 2 aromatic rings. The van der Waals surface area contributed by atoms with Gasteiger partial charge in [0.2, 0.25) is 0 Å². The Kier molecular flexibility index (Phi) is 4.87. The predicted octanol–water partition coefficient (Wildman–Crippen LogP) is 3.05. The molecule has 0 aromatic heterocycles. The van der Waals surface area contributed by atoms with Gasteiger partial charge in [-0.3, -0.25) is 4.79 Å². The van der Waals surface area contributed by atoms with Gasteiger partial charge in [-0.15, -0.1) is 0 Å². The van der Waals surface area contributed by atoms with Gasteiger partial charge in [0, 0.05) is 10.0 Å². The lowest BCUT2D eigenvalue weighted by Crippen LogP contribution is -2.30. The molecule has 2 N–H and O–H groups in total. The highest BCUT2D eigenvalue weighted by Crippen LogP contribution is 2.17. The smallest absolute Gasteiger partial charge is 0.251 e. The van der Waals surface area contributed by atoms with Gasteiger partial charge in [0.1, 0.15) is 5.82 Å². The summed E-state index contributed by atoms with van der Waals surface area (Å²) in [5.74, 6) is -0.933. The fraction of sp³-hybridized carbons (Fsp3) is 0.133. The molecule has 0 saturated heterocycles. The molecular weight excluding hydrogens is 325 g/mol. The molecule has 1 unspecified atom stereocenters. The van der Waals surface area contributed by atoms with Gasteiger partial charge in [0.15, 0.2) is 0 Å². The molecule has 0 aliphatic carbocycles. The second-order valence-electron chi connectivity index (χ2n) is 4.28. The zero-order valence-corrected chi connectivity index (χ0v) is 12.1. The maximum atomic E-state index is 13.3. The molecule has 1 atom stereocenters. The maximum absolute atomic E-state index is 13.3. The van der Waals surface area contributed by atoms with Gasteiger partial charge in [0.25, 0.3) is 5.91 Å². The van der Waals surface area contributed by atoms with Crippen LogP contribution in [0.15, 0.2) is 53.0 Å². The largest absolute Gasteiger partial charge is 0.394 e. The lowest BCUT2D eigenvalue weighted by atomic mass is 10.1. The van der Waals surface area contributed by atoms with Crippen LogP contribution < -0.4 is 5.32 Å². The summed E-state index contributed by atoms with van der Waals surface area (Å²) in [6.45, 7) is -0.230. The van der Waals surface area contributed by atoms with Crippen molar-refractivity contribution in [2.75, 3.05) is 6.61 Å². The number of rotatable bonds is 4. The van der Waals surface area contributed by atoms with Crippen molar-refractivity contribution in [3.05, 3.63) is 69.9 Å². The number of amides is 1. The van der Waals surface area contributed by atoms with E-state index in [4.69, 9.17) is 0 Å². The molecule has 2 aromatic carbocycles. The van der Waals surface area contributed by atoms with Crippen LogP contribution in [0.5, 0.6) is 0 Å². The lowest BCUT2D eigenvalue weighted by Gasteiger charge is -2.16. The van der Waals surface area contributed by atoms with E-state index >= 15 is 0 Å². The van der Waals surface area contributed by atoms with Gasteiger partial charge in [-0.1, -0.05) is 46.3 Å². The van der Waals surface area contributed by atoms with Crippen LogP contribution in [0.1, 0.15) is 22.0 Å². The molecule has 0 bridgehead atoms. The molecular formula is C15H13BrFNO2. The van der Waals surface area contributed by atoms with Gasteiger partial charge in [-0.2, -0.15) is 0 Å². The lowest BCUT2D eigenvalue weighted by molar-refractivity contribution is 0.0915. The average Bonchev–Trinajstić information content (AvgIpc) is 2.44. The molecule has 5 heteroatoms. The van der Waals surface area contributed by atoms with E-state index in [1.54, 1.807) is 0 Å². The highest BCUT2D eigenvalue weighted by atomic mass is 79.9. The van der Waals surface area contributed by atoms with Gasteiger partial charge >= 0.3 is 0 Å². The molecule has 20 heavy (non-hydrogen) atoms. The van der Waals surface area contributed by atoms with Crippen molar-refractivity contribution in [2.24, 2.45) is 0 Å². The number of nitrogens with one attached hydrogen (secondary N) is 1. The summed E-state index contributed by atoms with van der Waals surface area (Å²) in [5, 5.41) is 12.1.